The number of hydrogen-bond acceptors (Lipinski definition) is 4. The summed E-state index contributed by atoms with van der Waals surface area (Å²) in [6.45, 7) is 1.54. The second-order valence-corrected chi connectivity index (χ2v) is 5.42. The number of aliphatic hydroxyl groups excluding tert-OH is 2. The molecule has 0 heterocycles. The Balaban J connectivity index is 3.35. The van der Waals surface area contributed by atoms with E-state index in [0.29, 0.717) is 6.42 Å². The van der Waals surface area contributed by atoms with E-state index in [1.165, 1.54) is 44.9 Å². The fourth-order valence-corrected chi connectivity index (χ4v) is 2.16. The van der Waals surface area contributed by atoms with Gasteiger partial charge >= 0.3 is 0 Å². The Morgan fingerprint density at radius 2 is 1.30 bits per heavy atom. The third-order valence-corrected chi connectivity index (χ3v) is 3.51. The molecule has 0 fully saturated rings. The molecule has 0 aliphatic rings. The van der Waals surface area contributed by atoms with E-state index in [2.05, 4.69) is 6.92 Å². The van der Waals surface area contributed by atoms with Crippen LogP contribution in [0.25, 0.3) is 0 Å². The highest BCUT2D eigenvalue weighted by Gasteiger charge is 2.21. The SMILES string of the molecule is CCCCCCCCCCCCC(=O)C(=O)C(O)CO. The second kappa shape index (κ2) is 13.3. The van der Waals surface area contributed by atoms with Gasteiger partial charge in [0, 0.05) is 6.42 Å². The number of rotatable bonds is 14. The number of unbranched alkanes of at least 4 members (excludes halogenated alkanes) is 9. The maximum atomic E-state index is 11.4. The molecule has 2 N–H and O–H groups in total. The number of hydrogen-bond donors (Lipinski definition) is 2. The summed E-state index contributed by atoms with van der Waals surface area (Å²) in [6.07, 6.45) is 10.4. The van der Waals surface area contributed by atoms with E-state index in [-0.39, 0.29) is 6.42 Å². The molecule has 0 spiro atoms. The van der Waals surface area contributed by atoms with Gasteiger partial charge in [0.1, 0.15) is 6.10 Å². The molecule has 1 unspecified atom stereocenters. The van der Waals surface area contributed by atoms with Gasteiger partial charge in [-0.1, -0.05) is 64.7 Å². The van der Waals surface area contributed by atoms with E-state index in [0.717, 1.165) is 12.8 Å². The van der Waals surface area contributed by atoms with Gasteiger partial charge in [-0.3, -0.25) is 9.59 Å². The van der Waals surface area contributed by atoms with Gasteiger partial charge in [0.15, 0.2) is 0 Å². The minimum atomic E-state index is -1.54. The predicted molar refractivity (Wildman–Crippen MR) is 79.6 cm³/mol. The maximum absolute atomic E-state index is 11.4. The zero-order valence-electron chi connectivity index (χ0n) is 12.8. The number of aliphatic hydroxyl groups is 2. The van der Waals surface area contributed by atoms with Crippen LogP contribution in [0, 0.1) is 0 Å². The summed E-state index contributed by atoms with van der Waals surface area (Å²) in [5.74, 6) is -1.42. The van der Waals surface area contributed by atoms with Gasteiger partial charge in [-0.25, -0.2) is 0 Å². The third-order valence-electron chi connectivity index (χ3n) is 3.51. The summed E-state index contributed by atoms with van der Waals surface area (Å²) in [6, 6.07) is 0. The Morgan fingerprint density at radius 3 is 1.75 bits per heavy atom. The van der Waals surface area contributed by atoms with Crippen molar-refractivity contribution in [1.82, 2.24) is 0 Å². The zero-order chi connectivity index (χ0) is 15.2. The fraction of sp³-hybridized carbons (Fsp3) is 0.875. The highest BCUT2D eigenvalue weighted by molar-refractivity contribution is 6.38. The van der Waals surface area contributed by atoms with E-state index in [9.17, 15) is 9.59 Å². The molecule has 1 atom stereocenters. The van der Waals surface area contributed by atoms with Crippen LogP contribution >= 0.6 is 0 Å². The van der Waals surface area contributed by atoms with E-state index >= 15 is 0 Å². The standard InChI is InChI=1S/C16H30O4/c1-2-3-4-5-6-7-8-9-10-11-12-14(18)16(20)15(19)13-17/h15,17,19H,2-13H2,1H3. The van der Waals surface area contributed by atoms with Crippen LogP contribution in [-0.2, 0) is 9.59 Å². The fourth-order valence-electron chi connectivity index (χ4n) is 2.16. The largest absolute Gasteiger partial charge is 0.393 e. The first-order chi connectivity index (χ1) is 9.63. The quantitative estimate of drug-likeness (QED) is 0.380. The first kappa shape index (κ1) is 19.3. The molecular weight excluding hydrogens is 256 g/mol. The van der Waals surface area contributed by atoms with Gasteiger partial charge in [-0.15, -0.1) is 0 Å². The molecule has 0 bridgehead atoms. The van der Waals surface area contributed by atoms with Crippen LogP contribution in [0.15, 0.2) is 0 Å². The molecule has 0 saturated carbocycles. The summed E-state index contributed by atoms with van der Waals surface area (Å²) in [4.78, 5) is 22.6. The summed E-state index contributed by atoms with van der Waals surface area (Å²) in [5, 5.41) is 17.6. The van der Waals surface area contributed by atoms with Crippen molar-refractivity contribution in [2.45, 2.75) is 83.7 Å². The molecule has 0 aromatic heterocycles. The summed E-state index contributed by atoms with van der Waals surface area (Å²) >= 11 is 0. The number of carbonyl (C=O) groups excluding carboxylic acids is 2. The van der Waals surface area contributed by atoms with Crippen LogP contribution in [0.1, 0.15) is 77.6 Å². The van der Waals surface area contributed by atoms with Crippen molar-refractivity contribution in [1.29, 1.82) is 0 Å². The summed E-state index contributed by atoms with van der Waals surface area (Å²) in [5.41, 5.74) is 0. The molecule has 0 radical (unpaired) electrons. The normalized spacial score (nSPS) is 12.3. The van der Waals surface area contributed by atoms with Gasteiger partial charge in [0.25, 0.3) is 0 Å². The van der Waals surface area contributed by atoms with Crippen LogP contribution < -0.4 is 0 Å². The van der Waals surface area contributed by atoms with Crippen molar-refractivity contribution >= 4 is 11.6 Å². The first-order valence-electron chi connectivity index (χ1n) is 7.99. The highest BCUT2D eigenvalue weighted by atomic mass is 16.3. The van der Waals surface area contributed by atoms with E-state index in [1.807, 2.05) is 0 Å². The lowest BCUT2D eigenvalue weighted by Gasteiger charge is -2.05. The van der Waals surface area contributed by atoms with Gasteiger partial charge in [-0.2, -0.15) is 0 Å². The number of Topliss-reactive ketones (excluding diaryl/α,β-unsaturated/α-hetero) is 2. The molecule has 118 valence electrons. The van der Waals surface area contributed by atoms with Crippen LogP contribution in [-0.4, -0.2) is 34.5 Å². The Bertz CT molecular complexity index is 263. The Labute approximate surface area is 122 Å². The molecule has 0 aliphatic heterocycles. The summed E-state index contributed by atoms with van der Waals surface area (Å²) < 4.78 is 0. The molecule has 0 saturated heterocycles. The zero-order valence-corrected chi connectivity index (χ0v) is 12.8. The Kier molecular flexibility index (Phi) is 12.8. The van der Waals surface area contributed by atoms with Crippen molar-refractivity contribution in [2.24, 2.45) is 0 Å². The van der Waals surface area contributed by atoms with E-state index in [4.69, 9.17) is 10.2 Å². The minimum absolute atomic E-state index is 0.187. The van der Waals surface area contributed by atoms with Gasteiger partial charge in [-0.05, 0) is 6.42 Å². The Morgan fingerprint density at radius 1 is 0.850 bits per heavy atom. The van der Waals surface area contributed by atoms with Crippen LogP contribution in [0.3, 0.4) is 0 Å². The maximum Gasteiger partial charge on any atom is 0.229 e. The molecule has 0 amide bonds. The second-order valence-electron chi connectivity index (χ2n) is 5.42. The third kappa shape index (κ3) is 10.1. The van der Waals surface area contributed by atoms with Crippen LogP contribution in [0.5, 0.6) is 0 Å². The first-order valence-corrected chi connectivity index (χ1v) is 7.99. The van der Waals surface area contributed by atoms with Crippen molar-refractivity contribution in [3.8, 4) is 0 Å². The van der Waals surface area contributed by atoms with Gasteiger partial charge in [0.2, 0.25) is 11.6 Å². The lowest BCUT2D eigenvalue weighted by Crippen LogP contribution is -2.31. The molecule has 4 nitrogen and oxygen atoms in total. The van der Waals surface area contributed by atoms with Gasteiger partial charge < -0.3 is 10.2 Å². The highest BCUT2D eigenvalue weighted by Crippen LogP contribution is 2.11. The summed E-state index contributed by atoms with van der Waals surface area (Å²) in [7, 11) is 0. The molecular formula is C16H30O4. The predicted octanol–water partition coefficient (Wildman–Crippen LogP) is 2.79. The van der Waals surface area contributed by atoms with E-state index in [1.54, 1.807) is 0 Å². The monoisotopic (exact) mass is 286 g/mol. The van der Waals surface area contributed by atoms with Crippen molar-refractivity contribution in [2.75, 3.05) is 6.61 Å². The van der Waals surface area contributed by atoms with Gasteiger partial charge in [0.05, 0.1) is 6.61 Å². The van der Waals surface area contributed by atoms with Crippen molar-refractivity contribution < 1.29 is 19.8 Å². The Hall–Kier alpha value is -0.740. The minimum Gasteiger partial charge on any atom is -0.393 e. The molecule has 0 aromatic rings. The molecule has 0 aliphatic carbocycles. The average molecular weight is 286 g/mol. The molecule has 0 rings (SSSR count). The van der Waals surface area contributed by atoms with E-state index < -0.39 is 24.3 Å². The lowest BCUT2D eigenvalue weighted by atomic mass is 10.0. The molecule has 0 aromatic carbocycles. The topological polar surface area (TPSA) is 74.6 Å². The molecule has 20 heavy (non-hydrogen) atoms. The lowest BCUT2D eigenvalue weighted by molar-refractivity contribution is -0.142. The van der Waals surface area contributed by atoms with Crippen LogP contribution in [0.4, 0.5) is 0 Å². The average Bonchev–Trinajstić information content (AvgIpc) is 2.47. The van der Waals surface area contributed by atoms with Crippen LogP contribution in [0.2, 0.25) is 0 Å². The van der Waals surface area contributed by atoms with Crippen molar-refractivity contribution in [3.63, 3.8) is 0 Å². The number of ketones is 2. The van der Waals surface area contributed by atoms with Crippen molar-refractivity contribution in [3.05, 3.63) is 0 Å². The number of carbonyl (C=O) groups is 2. The smallest absolute Gasteiger partial charge is 0.229 e. The molecule has 4 heteroatoms.